The molecule has 0 radical (unpaired) electrons. The first-order valence-electron chi connectivity index (χ1n) is 7.59. The van der Waals surface area contributed by atoms with Gasteiger partial charge in [0.25, 0.3) is 5.69 Å². The molecule has 1 aromatic carbocycles. The molecule has 7 heteroatoms. The largest absolute Gasteiger partial charge is 0.492 e. The predicted molar refractivity (Wildman–Crippen MR) is 85.7 cm³/mol. The molecule has 0 aliphatic carbocycles. The molecule has 23 heavy (non-hydrogen) atoms. The van der Waals surface area contributed by atoms with E-state index in [1.54, 1.807) is 12.1 Å². The maximum absolute atomic E-state index is 10.9. The van der Waals surface area contributed by atoms with Gasteiger partial charge in [-0.15, -0.1) is 6.58 Å². The lowest BCUT2D eigenvalue weighted by Gasteiger charge is -2.26. The lowest BCUT2D eigenvalue weighted by Crippen LogP contribution is -2.38. The first-order valence-corrected chi connectivity index (χ1v) is 7.59. The van der Waals surface area contributed by atoms with E-state index in [0.29, 0.717) is 24.5 Å². The summed E-state index contributed by atoms with van der Waals surface area (Å²) in [6.45, 7) is 8.84. The van der Waals surface area contributed by atoms with Gasteiger partial charge in [-0.3, -0.25) is 15.0 Å². The Bertz CT molecular complexity index is 529. The van der Waals surface area contributed by atoms with Crippen LogP contribution in [0.25, 0.3) is 0 Å². The standard InChI is InChI=1S/C16H22N2O5/c1-2-8-22-13-14-12-15(18(19)20)3-4-16(14)23-11-7-17-5-9-21-10-6-17/h2-4,12H,1,5-11,13H2. The average Bonchev–Trinajstić information content (AvgIpc) is 2.57. The van der Waals surface area contributed by atoms with Crippen molar-refractivity contribution in [3.8, 4) is 5.75 Å². The molecule has 1 fully saturated rings. The highest BCUT2D eigenvalue weighted by atomic mass is 16.6. The number of nitrogens with zero attached hydrogens (tertiary/aromatic N) is 2. The van der Waals surface area contributed by atoms with Crippen LogP contribution in [0.4, 0.5) is 5.69 Å². The van der Waals surface area contributed by atoms with Crippen LogP contribution >= 0.6 is 0 Å². The quantitative estimate of drug-likeness (QED) is 0.300. The van der Waals surface area contributed by atoms with E-state index in [-0.39, 0.29) is 12.3 Å². The number of hydrogen-bond donors (Lipinski definition) is 0. The first kappa shape index (κ1) is 17.4. The summed E-state index contributed by atoms with van der Waals surface area (Å²) in [4.78, 5) is 12.7. The van der Waals surface area contributed by atoms with Gasteiger partial charge in [0.05, 0.1) is 31.4 Å². The minimum atomic E-state index is -0.422. The van der Waals surface area contributed by atoms with Gasteiger partial charge in [-0.1, -0.05) is 6.08 Å². The van der Waals surface area contributed by atoms with Crippen molar-refractivity contribution in [2.75, 3.05) is 46.1 Å². The van der Waals surface area contributed by atoms with Gasteiger partial charge in [0.1, 0.15) is 12.4 Å². The van der Waals surface area contributed by atoms with Crippen molar-refractivity contribution in [3.05, 3.63) is 46.5 Å². The zero-order valence-corrected chi connectivity index (χ0v) is 13.1. The number of morpholine rings is 1. The van der Waals surface area contributed by atoms with Crippen molar-refractivity contribution in [2.24, 2.45) is 0 Å². The Labute approximate surface area is 135 Å². The number of nitro groups is 1. The average molecular weight is 322 g/mol. The van der Waals surface area contributed by atoms with Crippen molar-refractivity contribution >= 4 is 5.69 Å². The molecule has 1 heterocycles. The summed E-state index contributed by atoms with van der Waals surface area (Å²) in [5.41, 5.74) is 0.700. The van der Waals surface area contributed by atoms with Gasteiger partial charge in [-0.05, 0) is 6.07 Å². The summed E-state index contributed by atoms with van der Waals surface area (Å²) in [5, 5.41) is 10.9. The van der Waals surface area contributed by atoms with Crippen LogP contribution < -0.4 is 4.74 Å². The molecule has 1 aliphatic rings. The van der Waals surface area contributed by atoms with E-state index in [4.69, 9.17) is 14.2 Å². The smallest absolute Gasteiger partial charge is 0.270 e. The molecule has 0 spiro atoms. The van der Waals surface area contributed by atoms with Crippen LogP contribution in [-0.4, -0.2) is 55.9 Å². The zero-order valence-electron chi connectivity index (χ0n) is 13.1. The van der Waals surface area contributed by atoms with Gasteiger partial charge in [-0.2, -0.15) is 0 Å². The van der Waals surface area contributed by atoms with E-state index < -0.39 is 4.92 Å². The molecule has 0 unspecified atom stereocenters. The van der Waals surface area contributed by atoms with E-state index in [1.165, 1.54) is 12.1 Å². The SMILES string of the molecule is C=CCOCc1cc([N+](=O)[O-])ccc1OCCN1CCOCC1. The highest BCUT2D eigenvalue weighted by Gasteiger charge is 2.13. The van der Waals surface area contributed by atoms with Crippen LogP contribution in [0.15, 0.2) is 30.9 Å². The van der Waals surface area contributed by atoms with E-state index in [2.05, 4.69) is 11.5 Å². The van der Waals surface area contributed by atoms with Crippen LogP contribution in [-0.2, 0) is 16.1 Å². The predicted octanol–water partition coefficient (Wildman–Crippen LogP) is 2.01. The summed E-state index contributed by atoms with van der Waals surface area (Å²) >= 11 is 0. The molecular weight excluding hydrogens is 300 g/mol. The van der Waals surface area contributed by atoms with Crippen LogP contribution in [0, 0.1) is 10.1 Å². The van der Waals surface area contributed by atoms with Crippen LogP contribution in [0.5, 0.6) is 5.75 Å². The Morgan fingerprint density at radius 2 is 2.17 bits per heavy atom. The number of hydrogen-bond acceptors (Lipinski definition) is 6. The van der Waals surface area contributed by atoms with Crippen molar-refractivity contribution < 1.29 is 19.1 Å². The Kier molecular flexibility index (Phi) is 6.99. The van der Waals surface area contributed by atoms with Crippen LogP contribution in [0.1, 0.15) is 5.56 Å². The Morgan fingerprint density at radius 1 is 1.39 bits per heavy atom. The summed E-state index contributed by atoms with van der Waals surface area (Å²) in [7, 11) is 0. The van der Waals surface area contributed by atoms with Crippen LogP contribution in [0.2, 0.25) is 0 Å². The molecule has 126 valence electrons. The third kappa shape index (κ3) is 5.63. The normalized spacial score (nSPS) is 15.3. The molecule has 1 aromatic rings. The molecule has 1 saturated heterocycles. The molecule has 0 atom stereocenters. The van der Waals surface area contributed by atoms with E-state index in [0.717, 1.165) is 32.8 Å². The third-order valence-electron chi connectivity index (χ3n) is 3.52. The molecule has 0 bridgehead atoms. The minimum absolute atomic E-state index is 0.0303. The number of benzene rings is 1. The van der Waals surface area contributed by atoms with Gasteiger partial charge in [0.2, 0.25) is 0 Å². The van der Waals surface area contributed by atoms with E-state index in [9.17, 15) is 10.1 Å². The minimum Gasteiger partial charge on any atom is -0.492 e. The first-order chi connectivity index (χ1) is 11.2. The van der Waals surface area contributed by atoms with Crippen LogP contribution in [0.3, 0.4) is 0 Å². The molecule has 0 amide bonds. The lowest BCUT2D eigenvalue weighted by atomic mass is 10.2. The third-order valence-corrected chi connectivity index (χ3v) is 3.52. The molecule has 1 aliphatic heterocycles. The van der Waals surface area contributed by atoms with Crippen molar-refractivity contribution in [3.63, 3.8) is 0 Å². The highest BCUT2D eigenvalue weighted by molar-refractivity contribution is 5.43. The number of nitro benzene ring substituents is 1. The maximum Gasteiger partial charge on any atom is 0.270 e. The fourth-order valence-corrected chi connectivity index (χ4v) is 2.29. The monoisotopic (exact) mass is 322 g/mol. The molecule has 0 N–H and O–H groups in total. The summed E-state index contributed by atoms with van der Waals surface area (Å²) < 4.78 is 16.5. The number of rotatable bonds is 9. The number of non-ortho nitro benzene ring substituents is 1. The van der Waals surface area contributed by atoms with Gasteiger partial charge in [0, 0.05) is 37.3 Å². The molecule has 2 rings (SSSR count). The lowest BCUT2D eigenvalue weighted by molar-refractivity contribution is -0.385. The van der Waals surface area contributed by atoms with E-state index in [1.807, 2.05) is 0 Å². The zero-order chi connectivity index (χ0) is 16.5. The second-order valence-corrected chi connectivity index (χ2v) is 5.16. The second-order valence-electron chi connectivity index (χ2n) is 5.16. The summed E-state index contributed by atoms with van der Waals surface area (Å²) in [6.07, 6.45) is 1.64. The molecule has 0 saturated carbocycles. The number of ether oxygens (including phenoxy) is 3. The van der Waals surface area contributed by atoms with Gasteiger partial charge < -0.3 is 14.2 Å². The fraction of sp³-hybridized carbons (Fsp3) is 0.500. The van der Waals surface area contributed by atoms with Gasteiger partial charge in [-0.25, -0.2) is 0 Å². The molecule has 0 aromatic heterocycles. The van der Waals surface area contributed by atoms with Crippen molar-refractivity contribution in [2.45, 2.75) is 6.61 Å². The molecular formula is C16H22N2O5. The summed E-state index contributed by atoms with van der Waals surface area (Å²) in [5.74, 6) is 0.618. The highest BCUT2D eigenvalue weighted by Crippen LogP contribution is 2.25. The Morgan fingerprint density at radius 3 is 2.87 bits per heavy atom. The fourth-order valence-electron chi connectivity index (χ4n) is 2.29. The maximum atomic E-state index is 10.9. The van der Waals surface area contributed by atoms with Crippen molar-refractivity contribution in [1.29, 1.82) is 0 Å². The summed E-state index contributed by atoms with van der Waals surface area (Å²) in [6, 6.07) is 4.57. The van der Waals surface area contributed by atoms with Gasteiger partial charge >= 0.3 is 0 Å². The Balaban J connectivity index is 1.94. The van der Waals surface area contributed by atoms with Crippen molar-refractivity contribution in [1.82, 2.24) is 4.90 Å². The molecule has 7 nitrogen and oxygen atoms in total. The second kappa shape index (κ2) is 9.24. The van der Waals surface area contributed by atoms with Gasteiger partial charge in [0.15, 0.2) is 0 Å². The Hall–Kier alpha value is -1.96. The van der Waals surface area contributed by atoms with E-state index >= 15 is 0 Å². The topological polar surface area (TPSA) is 74.1 Å².